The van der Waals surface area contributed by atoms with Crippen molar-refractivity contribution >= 4 is 20.8 Å². The first kappa shape index (κ1) is 12.1. The summed E-state index contributed by atoms with van der Waals surface area (Å²) in [4.78, 5) is 0. The van der Waals surface area contributed by atoms with Crippen LogP contribution in [0.3, 0.4) is 0 Å². The van der Waals surface area contributed by atoms with Crippen LogP contribution in [0.5, 0.6) is 0 Å². The van der Waals surface area contributed by atoms with E-state index >= 15 is 0 Å². The molecule has 0 spiro atoms. The molecule has 17 heavy (non-hydrogen) atoms. The number of fused-ring (bicyclic) bond motifs is 1. The normalized spacial score (nSPS) is 12.2. The number of hydrogen-bond acceptors (Lipinski definition) is 2. The quantitative estimate of drug-likeness (QED) is 0.836. The monoisotopic (exact) mass is 249 g/mol. The standard InChI is InChI=1S/C13H15NO2S/c1-14(17(2,15)16)10-12-8-5-7-11-6-3-4-9-13(11)12/h3-9H,10H2,1-2H3. The van der Waals surface area contributed by atoms with Crippen molar-refractivity contribution < 1.29 is 8.42 Å². The van der Waals surface area contributed by atoms with E-state index in [1.807, 2.05) is 42.5 Å². The van der Waals surface area contributed by atoms with Gasteiger partial charge in [0.05, 0.1) is 6.26 Å². The predicted octanol–water partition coefficient (Wildman–Crippen LogP) is 2.23. The third kappa shape index (κ3) is 2.65. The minimum absolute atomic E-state index is 0.403. The lowest BCUT2D eigenvalue weighted by molar-refractivity contribution is 0.473. The van der Waals surface area contributed by atoms with E-state index in [2.05, 4.69) is 0 Å². The van der Waals surface area contributed by atoms with E-state index in [4.69, 9.17) is 0 Å². The summed E-state index contributed by atoms with van der Waals surface area (Å²) in [5.74, 6) is 0. The Morgan fingerprint density at radius 3 is 2.41 bits per heavy atom. The molecule has 0 bridgehead atoms. The number of nitrogens with zero attached hydrogens (tertiary/aromatic N) is 1. The maximum atomic E-state index is 11.4. The Bertz CT molecular complexity index is 629. The fourth-order valence-electron chi connectivity index (χ4n) is 1.79. The average Bonchev–Trinajstić information content (AvgIpc) is 2.28. The SMILES string of the molecule is CN(Cc1cccc2ccccc12)S(C)(=O)=O. The molecule has 3 nitrogen and oxygen atoms in total. The van der Waals surface area contributed by atoms with E-state index in [1.54, 1.807) is 7.05 Å². The molecular formula is C13H15NO2S. The first-order chi connectivity index (χ1) is 7.98. The molecule has 0 aliphatic carbocycles. The second-order valence-corrected chi connectivity index (χ2v) is 6.25. The summed E-state index contributed by atoms with van der Waals surface area (Å²) in [6.07, 6.45) is 1.22. The number of sulfonamides is 1. The number of hydrogen-bond donors (Lipinski definition) is 0. The van der Waals surface area contributed by atoms with E-state index in [0.717, 1.165) is 16.3 Å². The first-order valence-corrected chi connectivity index (χ1v) is 7.21. The van der Waals surface area contributed by atoms with Gasteiger partial charge in [-0.1, -0.05) is 42.5 Å². The molecule has 0 unspecified atom stereocenters. The zero-order valence-electron chi connectivity index (χ0n) is 9.92. The molecule has 2 aromatic carbocycles. The Morgan fingerprint density at radius 2 is 1.71 bits per heavy atom. The van der Waals surface area contributed by atoms with Crippen molar-refractivity contribution in [2.75, 3.05) is 13.3 Å². The van der Waals surface area contributed by atoms with Gasteiger partial charge in [-0.05, 0) is 16.3 Å². The molecule has 0 aliphatic heterocycles. The second-order valence-electron chi connectivity index (χ2n) is 4.16. The highest BCUT2D eigenvalue weighted by molar-refractivity contribution is 7.88. The van der Waals surface area contributed by atoms with Gasteiger partial charge in [0, 0.05) is 13.6 Å². The van der Waals surface area contributed by atoms with Crippen molar-refractivity contribution in [3.8, 4) is 0 Å². The van der Waals surface area contributed by atoms with E-state index in [-0.39, 0.29) is 0 Å². The summed E-state index contributed by atoms with van der Waals surface area (Å²) in [7, 11) is -1.54. The summed E-state index contributed by atoms with van der Waals surface area (Å²) in [6.45, 7) is 0.403. The highest BCUT2D eigenvalue weighted by Gasteiger charge is 2.12. The fraction of sp³-hybridized carbons (Fsp3) is 0.231. The van der Waals surface area contributed by atoms with Crippen molar-refractivity contribution in [1.82, 2.24) is 4.31 Å². The van der Waals surface area contributed by atoms with Crippen LogP contribution in [0, 0.1) is 0 Å². The molecule has 0 N–H and O–H groups in total. The molecule has 90 valence electrons. The van der Waals surface area contributed by atoms with Crippen LogP contribution in [-0.2, 0) is 16.6 Å². The van der Waals surface area contributed by atoms with Crippen LogP contribution in [0.4, 0.5) is 0 Å². The van der Waals surface area contributed by atoms with Crippen LogP contribution < -0.4 is 0 Å². The lowest BCUT2D eigenvalue weighted by Gasteiger charge is -2.15. The second kappa shape index (κ2) is 4.47. The van der Waals surface area contributed by atoms with Crippen LogP contribution in [-0.4, -0.2) is 26.0 Å². The lowest BCUT2D eigenvalue weighted by atomic mass is 10.0. The van der Waals surface area contributed by atoms with Crippen molar-refractivity contribution in [1.29, 1.82) is 0 Å². The molecule has 4 heteroatoms. The average molecular weight is 249 g/mol. The minimum atomic E-state index is -3.14. The van der Waals surface area contributed by atoms with Crippen LogP contribution in [0.1, 0.15) is 5.56 Å². The molecule has 0 atom stereocenters. The van der Waals surface area contributed by atoms with Crippen LogP contribution in [0.25, 0.3) is 10.8 Å². The highest BCUT2D eigenvalue weighted by Crippen LogP contribution is 2.20. The van der Waals surface area contributed by atoms with Gasteiger partial charge in [-0.15, -0.1) is 0 Å². The summed E-state index contributed by atoms with van der Waals surface area (Å²) in [5, 5.41) is 2.23. The molecule has 0 radical (unpaired) electrons. The van der Waals surface area contributed by atoms with E-state index in [0.29, 0.717) is 6.54 Å². The Hall–Kier alpha value is -1.39. The molecule has 0 saturated carbocycles. The first-order valence-electron chi connectivity index (χ1n) is 5.36. The number of rotatable bonds is 3. The highest BCUT2D eigenvalue weighted by atomic mass is 32.2. The van der Waals surface area contributed by atoms with Crippen molar-refractivity contribution in [3.05, 3.63) is 48.0 Å². The van der Waals surface area contributed by atoms with Crippen LogP contribution >= 0.6 is 0 Å². The van der Waals surface area contributed by atoms with Gasteiger partial charge in [-0.2, -0.15) is 0 Å². The smallest absolute Gasteiger partial charge is 0.211 e. The van der Waals surface area contributed by atoms with E-state index < -0.39 is 10.0 Å². The third-order valence-corrected chi connectivity index (χ3v) is 4.10. The van der Waals surface area contributed by atoms with Crippen molar-refractivity contribution in [3.63, 3.8) is 0 Å². The Balaban J connectivity index is 2.43. The Kier molecular flexibility index (Phi) is 3.17. The molecule has 0 aromatic heterocycles. The van der Waals surface area contributed by atoms with Crippen molar-refractivity contribution in [2.24, 2.45) is 0 Å². The molecule has 2 rings (SSSR count). The van der Waals surface area contributed by atoms with Crippen LogP contribution in [0.2, 0.25) is 0 Å². The largest absolute Gasteiger partial charge is 0.213 e. The van der Waals surface area contributed by atoms with Gasteiger partial charge in [0.15, 0.2) is 0 Å². The molecule has 0 aliphatic rings. The zero-order valence-corrected chi connectivity index (χ0v) is 10.7. The van der Waals surface area contributed by atoms with Gasteiger partial charge in [-0.25, -0.2) is 12.7 Å². The summed E-state index contributed by atoms with van der Waals surface area (Å²) in [5.41, 5.74) is 1.02. The summed E-state index contributed by atoms with van der Waals surface area (Å²) >= 11 is 0. The van der Waals surface area contributed by atoms with Gasteiger partial charge >= 0.3 is 0 Å². The van der Waals surface area contributed by atoms with Gasteiger partial charge in [0.25, 0.3) is 0 Å². The maximum Gasteiger partial charge on any atom is 0.211 e. The Morgan fingerprint density at radius 1 is 1.06 bits per heavy atom. The molecular weight excluding hydrogens is 234 g/mol. The molecule has 0 fully saturated rings. The van der Waals surface area contributed by atoms with Crippen molar-refractivity contribution in [2.45, 2.75) is 6.54 Å². The van der Waals surface area contributed by atoms with E-state index in [1.165, 1.54) is 10.6 Å². The minimum Gasteiger partial charge on any atom is -0.213 e. The fourth-order valence-corrected chi connectivity index (χ4v) is 2.16. The van der Waals surface area contributed by atoms with Gasteiger partial charge in [-0.3, -0.25) is 0 Å². The van der Waals surface area contributed by atoms with Gasteiger partial charge < -0.3 is 0 Å². The van der Waals surface area contributed by atoms with E-state index in [9.17, 15) is 8.42 Å². The topological polar surface area (TPSA) is 37.4 Å². The lowest BCUT2D eigenvalue weighted by Crippen LogP contribution is -2.24. The summed E-state index contributed by atoms with van der Waals surface area (Å²) < 4.78 is 24.2. The third-order valence-electron chi connectivity index (χ3n) is 2.84. The molecule has 0 amide bonds. The van der Waals surface area contributed by atoms with Crippen LogP contribution in [0.15, 0.2) is 42.5 Å². The molecule has 2 aromatic rings. The number of benzene rings is 2. The Labute approximate surface area is 102 Å². The molecule has 0 saturated heterocycles. The molecule has 0 heterocycles. The zero-order chi connectivity index (χ0) is 12.5. The summed E-state index contributed by atoms with van der Waals surface area (Å²) in [6, 6.07) is 13.9. The maximum absolute atomic E-state index is 11.4. The van der Waals surface area contributed by atoms with Gasteiger partial charge in [0.1, 0.15) is 0 Å². The van der Waals surface area contributed by atoms with Gasteiger partial charge in [0.2, 0.25) is 10.0 Å². The predicted molar refractivity (Wildman–Crippen MR) is 70.3 cm³/mol.